The topological polar surface area (TPSA) is 69.7 Å². The van der Waals surface area contributed by atoms with E-state index in [0.29, 0.717) is 30.3 Å². The minimum atomic E-state index is -3.55. The number of anilines is 1. The summed E-state index contributed by atoms with van der Waals surface area (Å²) in [7, 11) is -1.69. The Morgan fingerprint density at radius 3 is 2.57 bits per heavy atom. The van der Waals surface area contributed by atoms with E-state index in [4.69, 9.17) is 11.6 Å². The van der Waals surface area contributed by atoms with Gasteiger partial charge in [0.1, 0.15) is 0 Å². The second-order valence-corrected chi connectivity index (χ2v) is 10.2. The molecule has 162 valence electrons. The molecule has 0 saturated carbocycles. The van der Waals surface area contributed by atoms with Gasteiger partial charge in [-0.05, 0) is 62.2 Å². The summed E-state index contributed by atoms with van der Waals surface area (Å²) in [6.07, 6.45) is 2.82. The predicted molar refractivity (Wildman–Crippen MR) is 120 cm³/mol. The molecule has 1 heterocycles. The van der Waals surface area contributed by atoms with Gasteiger partial charge in [-0.3, -0.25) is 9.69 Å². The largest absolute Gasteiger partial charge is 0.325 e. The third kappa shape index (κ3) is 5.82. The number of amides is 1. The molecule has 1 aliphatic rings. The van der Waals surface area contributed by atoms with Crippen LogP contribution in [0.1, 0.15) is 30.4 Å². The minimum absolute atomic E-state index is 0.176. The monoisotopic (exact) mass is 449 g/mol. The highest BCUT2D eigenvalue weighted by Gasteiger charge is 2.26. The number of nitrogens with zero attached hydrogens (tertiary/aromatic N) is 2. The maximum absolute atomic E-state index is 12.9. The van der Waals surface area contributed by atoms with Crippen molar-refractivity contribution in [3.8, 4) is 0 Å². The number of halogens is 1. The van der Waals surface area contributed by atoms with Crippen molar-refractivity contribution < 1.29 is 13.2 Å². The second-order valence-electron chi connectivity index (χ2n) is 7.79. The number of benzene rings is 2. The fraction of sp³-hybridized carbons (Fsp3) is 0.409. The Balaban J connectivity index is 1.67. The Hall–Kier alpha value is -1.93. The van der Waals surface area contributed by atoms with E-state index in [9.17, 15) is 13.2 Å². The molecule has 2 aromatic carbocycles. The summed E-state index contributed by atoms with van der Waals surface area (Å²) >= 11 is 6.02. The minimum Gasteiger partial charge on any atom is -0.325 e. The van der Waals surface area contributed by atoms with E-state index in [1.54, 1.807) is 18.2 Å². The number of likely N-dealkylation sites (N-methyl/N-ethyl adjacent to an activating group) is 1. The zero-order chi connectivity index (χ0) is 21.7. The Morgan fingerprint density at radius 1 is 1.13 bits per heavy atom. The predicted octanol–water partition coefficient (Wildman–Crippen LogP) is 3.89. The smallest absolute Gasteiger partial charge is 0.243 e. The quantitative estimate of drug-likeness (QED) is 0.696. The van der Waals surface area contributed by atoms with Crippen LogP contribution in [0.15, 0.2) is 47.4 Å². The van der Waals surface area contributed by atoms with Gasteiger partial charge in [0.05, 0.1) is 11.4 Å². The number of carbonyl (C=O) groups is 1. The van der Waals surface area contributed by atoms with Gasteiger partial charge in [-0.2, -0.15) is 4.31 Å². The van der Waals surface area contributed by atoms with E-state index in [-0.39, 0.29) is 17.3 Å². The van der Waals surface area contributed by atoms with Crippen LogP contribution in [0, 0.1) is 6.92 Å². The molecular formula is C22H28ClN3O3S. The highest BCUT2D eigenvalue weighted by Crippen LogP contribution is 2.25. The Labute approximate surface area is 183 Å². The molecular weight excluding hydrogens is 422 g/mol. The first kappa shape index (κ1) is 22.7. The van der Waals surface area contributed by atoms with Crippen LogP contribution in [-0.4, -0.2) is 50.2 Å². The van der Waals surface area contributed by atoms with Crippen LogP contribution >= 0.6 is 11.6 Å². The average molecular weight is 450 g/mol. The van der Waals surface area contributed by atoms with Crippen molar-refractivity contribution >= 4 is 33.2 Å². The summed E-state index contributed by atoms with van der Waals surface area (Å²) in [4.78, 5) is 14.7. The molecule has 30 heavy (non-hydrogen) atoms. The molecule has 6 nitrogen and oxygen atoms in total. The van der Waals surface area contributed by atoms with Crippen molar-refractivity contribution in [1.29, 1.82) is 0 Å². The maximum Gasteiger partial charge on any atom is 0.243 e. The van der Waals surface area contributed by atoms with Gasteiger partial charge in [0.25, 0.3) is 0 Å². The van der Waals surface area contributed by atoms with E-state index in [2.05, 4.69) is 5.32 Å². The lowest BCUT2D eigenvalue weighted by atomic mass is 10.2. The van der Waals surface area contributed by atoms with Crippen molar-refractivity contribution in [3.63, 3.8) is 0 Å². The zero-order valence-electron chi connectivity index (χ0n) is 17.4. The number of carbonyl (C=O) groups excluding carboxylic acids is 1. The van der Waals surface area contributed by atoms with Crippen molar-refractivity contribution in [2.45, 2.75) is 37.6 Å². The van der Waals surface area contributed by atoms with Crippen LogP contribution in [0.3, 0.4) is 0 Å². The Morgan fingerprint density at radius 2 is 1.87 bits per heavy atom. The summed E-state index contributed by atoms with van der Waals surface area (Å²) in [6, 6.07) is 12.4. The SMILES string of the molecule is Cc1ccc(S(=O)(=O)N2CCCCC2)cc1NC(=O)CN(C)Cc1cccc(Cl)c1. The summed E-state index contributed by atoms with van der Waals surface area (Å²) in [5.41, 5.74) is 2.36. The molecule has 0 bridgehead atoms. The molecule has 2 aromatic rings. The first-order valence-electron chi connectivity index (χ1n) is 10.1. The lowest BCUT2D eigenvalue weighted by molar-refractivity contribution is -0.117. The van der Waals surface area contributed by atoms with E-state index in [1.807, 2.05) is 43.1 Å². The van der Waals surface area contributed by atoms with Crippen LogP contribution in [0.25, 0.3) is 0 Å². The molecule has 1 saturated heterocycles. The van der Waals surface area contributed by atoms with Crippen LogP contribution in [-0.2, 0) is 21.4 Å². The van der Waals surface area contributed by atoms with Crippen molar-refractivity contribution in [2.75, 3.05) is 32.0 Å². The molecule has 1 N–H and O–H groups in total. The molecule has 0 spiro atoms. The van der Waals surface area contributed by atoms with Gasteiger partial charge in [-0.25, -0.2) is 8.42 Å². The number of aryl methyl sites for hydroxylation is 1. The van der Waals surface area contributed by atoms with Gasteiger partial charge in [0.2, 0.25) is 15.9 Å². The molecule has 0 aliphatic carbocycles. The molecule has 0 radical (unpaired) electrons. The van der Waals surface area contributed by atoms with Crippen LogP contribution in [0.2, 0.25) is 5.02 Å². The highest BCUT2D eigenvalue weighted by atomic mass is 35.5. The zero-order valence-corrected chi connectivity index (χ0v) is 19.0. The third-order valence-corrected chi connectivity index (χ3v) is 7.32. The van der Waals surface area contributed by atoms with E-state index < -0.39 is 10.0 Å². The molecule has 1 fully saturated rings. The Bertz CT molecular complexity index is 1000. The van der Waals surface area contributed by atoms with E-state index >= 15 is 0 Å². The maximum atomic E-state index is 12.9. The lowest BCUT2D eigenvalue weighted by Gasteiger charge is -2.26. The molecule has 1 aliphatic heterocycles. The molecule has 1 amide bonds. The number of hydrogen-bond donors (Lipinski definition) is 1. The average Bonchev–Trinajstić information content (AvgIpc) is 2.70. The van der Waals surface area contributed by atoms with E-state index in [1.165, 1.54) is 4.31 Å². The van der Waals surface area contributed by atoms with Crippen molar-refractivity contribution in [3.05, 3.63) is 58.6 Å². The second kappa shape index (κ2) is 9.92. The summed E-state index contributed by atoms with van der Waals surface area (Å²) < 4.78 is 27.4. The lowest BCUT2D eigenvalue weighted by Crippen LogP contribution is -2.35. The fourth-order valence-corrected chi connectivity index (χ4v) is 5.35. The molecule has 3 rings (SSSR count). The number of rotatable bonds is 7. The normalized spacial score (nSPS) is 15.3. The van der Waals surface area contributed by atoms with Crippen molar-refractivity contribution in [2.24, 2.45) is 0 Å². The van der Waals surface area contributed by atoms with Gasteiger partial charge in [-0.1, -0.05) is 36.2 Å². The summed E-state index contributed by atoms with van der Waals surface area (Å²) in [6.45, 7) is 3.70. The van der Waals surface area contributed by atoms with Gasteiger partial charge in [0, 0.05) is 30.3 Å². The van der Waals surface area contributed by atoms with Gasteiger partial charge in [-0.15, -0.1) is 0 Å². The number of nitrogens with one attached hydrogen (secondary N) is 1. The van der Waals surface area contributed by atoms with Crippen LogP contribution in [0.4, 0.5) is 5.69 Å². The first-order valence-corrected chi connectivity index (χ1v) is 11.9. The molecule has 0 aromatic heterocycles. The number of sulfonamides is 1. The fourth-order valence-electron chi connectivity index (χ4n) is 3.59. The third-order valence-electron chi connectivity index (χ3n) is 5.19. The molecule has 8 heteroatoms. The van der Waals surface area contributed by atoms with Gasteiger partial charge < -0.3 is 5.32 Å². The van der Waals surface area contributed by atoms with Crippen LogP contribution in [0.5, 0.6) is 0 Å². The first-order chi connectivity index (χ1) is 14.3. The standard InChI is InChI=1S/C22H28ClN3O3S/c1-17-9-10-20(30(28,29)26-11-4-3-5-12-26)14-21(17)24-22(27)16-25(2)15-18-7-6-8-19(23)13-18/h6-10,13-14H,3-5,11-12,15-16H2,1-2H3,(H,24,27). The summed E-state index contributed by atoms with van der Waals surface area (Å²) in [5.74, 6) is -0.199. The highest BCUT2D eigenvalue weighted by molar-refractivity contribution is 7.89. The molecule has 0 atom stereocenters. The van der Waals surface area contributed by atoms with Gasteiger partial charge >= 0.3 is 0 Å². The number of piperidine rings is 1. The number of hydrogen-bond acceptors (Lipinski definition) is 4. The Kier molecular flexibility index (Phi) is 7.52. The van der Waals surface area contributed by atoms with E-state index in [0.717, 1.165) is 30.4 Å². The van der Waals surface area contributed by atoms with Gasteiger partial charge in [0.15, 0.2) is 0 Å². The van der Waals surface area contributed by atoms with Crippen molar-refractivity contribution in [1.82, 2.24) is 9.21 Å². The molecule has 0 unspecified atom stereocenters. The summed E-state index contributed by atoms with van der Waals surface area (Å²) in [5, 5.41) is 3.52. The van der Waals surface area contributed by atoms with Crippen LogP contribution < -0.4 is 5.32 Å².